The van der Waals surface area contributed by atoms with Gasteiger partial charge in [0.05, 0.1) is 6.04 Å². The van der Waals surface area contributed by atoms with Crippen LogP contribution in [0.5, 0.6) is 0 Å². The van der Waals surface area contributed by atoms with Crippen LogP contribution < -0.4 is 10.6 Å². The average molecular weight is 298 g/mol. The van der Waals surface area contributed by atoms with Crippen molar-refractivity contribution in [2.75, 3.05) is 0 Å². The molecule has 4 atom stereocenters. The van der Waals surface area contributed by atoms with Gasteiger partial charge in [0.15, 0.2) is 0 Å². The summed E-state index contributed by atoms with van der Waals surface area (Å²) in [6, 6.07) is -1.14. The molecule has 1 saturated carbocycles. The molecule has 7 nitrogen and oxygen atoms in total. The zero-order valence-electron chi connectivity index (χ0n) is 11.9. The van der Waals surface area contributed by atoms with Crippen LogP contribution in [0.25, 0.3) is 0 Å². The number of nitrogens with one attached hydrogen (secondary N) is 2. The fourth-order valence-electron chi connectivity index (χ4n) is 3.32. The van der Waals surface area contributed by atoms with Gasteiger partial charge in [-0.25, -0.2) is 4.79 Å². The van der Waals surface area contributed by atoms with Crippen molar-refractivity contribution in [3.63, 3.8) is 0 Å². The maximum atomic E-state index is 12.2. The fraction of sp³-hybridized carbons (Fsp3) is 0.786. The lowest BCUT2D eigenvalue weighted by Crippen LogP contribution is -2.49. The molecule has 2 rings (SSSR count). The molecule has 1 aliphatic carbocycles. The molecule has 2 fully saturated rings. The van der Waals surface area contributed by atoms with Gasteiger partial charge in [-0.2, -0.15) is 0 Å². The summed E-state index contributed by atoms with van der Waals surface area (Å²) in [7, 11) is 0. The van der Waals surface area contributed by atoms with Gasteiger partial charge in [0.2, 0.25) is 5.91 Å². The first kappa shape index (κ1) is 15.8. The number of aliphatic carboxylic acids is 2. The molecule has 0 spiro atoms. The average Bonchev–Trinajstić information content (AvgIpc) is 2.86. The van der Waals surface area contributed by atoms with Crippen LogP contribution in [0.4, 0.5) is 0 Å². The first-order valence-corrected chi connectivity index (χ1v) is 7.48. The monoisotopic (exact) mass is 298 g/mol. The Labute approximate surface area is 123 Å². The summed E-state index contributed by atoms with van der Waals surface area (Å²) in [5, 5.41) is 23.4. The van der Waals surface area contributed by atoms with E-state index in [-0.39, 0.29) is 24.8 Å². The van der Waals surface area contributed by atoms with Crippen molar-refractivity contribution in [3.8, 4) is 0 Å². The fourth-order valence-corrected chi connectivity index (χ4v) is 3.32. The number of carboxylic acids is 2. The van der Waals surface area contributed by atoms with Crippen LogP contribution in [0.15, 0.2) is 0 Å². The molecule has 1 amide bonds. The molecule has 2 unspecified atom stereocenters. The van der Waals surface area contributed by atoms with Gasteiger partial charge >= 0.3 is 11.9 Å². The maximum absolute atomic E-state index is 12.2. The number of carbonyl (C=O) groups excluding carboxylic acids is 1. The van der Waals surface area contributed by atoms with Gasteiger partial charge in [0.25, 0.3) is 0 Å². The summed E-state index contributed by atoms with van der Waals surface area (Å²) in [5.41, 5.74) is 0. The van der Waals surface area contributed by atoms with E-state index >= 15 is 0 Å². The van der Waals surface area contributed by atoms with E-state index in [9.17, 15) is 14.4 Å². The minimum absolute atomic E-state index is 0.101. The standard InChI is InChI=1S/C14H22N2O5/c17-12(18)6-5-10(14(20)21)16-13(19)11-7-8-3-1-2-4-9(8)15-11/h8-11,15H,1-7H2,(H,16,19)(H,17,18)(H,20,21)/t8?,9?,10-,11-/m0/s1. The lowest BCUT2D eigenvalue weighted by Gasteiger charge is -2.24. The first-order chi connectivity index (χ1) is 9.97. The Kier molecular flexibility index (Phi) is 5.17. The Morgan fingerprint density at radius 3 is 2.52 bits per heavy atom. The Bertz CT molecular complexity index is 412. The van der Waals surface area contributed by atoms with Crippen LogP contribution in [0.1, 0.15) is 44.9 Å². The minimum atomic E-state index is -1.19. The molecule has 21 heavy (non-hydrogen) atoms. The number of fused-ring (bicyclic) bond motifs is 1. The van der Waals surface area contributed by atoms with Crippen molar-refractivity contribution in [3.05, 3.63) is 0 Å². The van der Waals surface area contributed by atoms with Crippen molar-refractivity contribution >= 4 is 17.8 Å². The van der Waals surface area contributed by atoms with E-state index < -0.39 is 18.0 Å². The topological polar surface area (TPSA) is 116 Å². The van der Waals surface area contributed by atoms with Crippen LogP contribution in [-0.2, 0) is 14.4 Å². The van der Waals surface area contributed by atoms with E-state index in [1.165, 1.54) is 12.8 Å². The minimum Gasteiger partial charge on any atom is -0.481 e. The summed E-state index contributed by atoms with van der Waals surface area (Å²) in [6.45, 7) is 0. The van der Waals surface area contributed by atoms with Gasteiger partial charge in [-0.1, -0.05) is 12.8 Å². The van der Waals surface area contributed by atoms with E-state index in [1.54, 1.807) is 0 Å². The molecule has 0 aromatic rings. The highest BCUT2D eigenvalue weighted by molar-refractivity contribution is 5.87. The molecule has 0 bridgehead atoms. The van der Waals surface area contributed by atoms with E-state index in [4.69, 9.17) is 10.2 Å². The second-order valence-electron chi connectivity index (χ2n) is 5.94. The van der Waals surface area contributed by atoms with Gasteiger partial charge in [-0.05, 0) is 31.6 Å². The molecule has 2 aliphatic rings. The quantitative estimate of drug-likeness (QED) is 0.562. The van der Waals surface area contributed by atoms with Gasteiger partial charge in [-0.15, -0.1) is 0 Å². The molecular formula is C14H22N2O5. The smallest absolute Gasteiger partial charge is 0.326 e. The molecule has 1 aliphatic heterocycles. The van der Waals surface area contributed by atoms with E-state index in [2.05, 4.69) is 10.6 Å². The number of amides is 1. The highest BCUT2D eigenvalue weighted by Crippen LogP contribution is 2.33. The predicted molar refractivity (Wildman–Crippen MR) is 73.7 cm³/mol. The van der Waals surface area contributed by atoms with Crippen molar-refractivity contribution in [2.24, 2.45) is 5.92 Å². The molecule has 1 saturated heterocycles. The molecular weight excluding hydrogens is 276 g/mol. The van der Waals surface area contributed by atoms with Crippen molar-refractivity contribution in [2.45, 2.75) is 63.1 Å². The molecule has 7 heteroatoms. The Balaban J connectivity index is 1.87. The molecule has 1 heterocycles. The third-order valence-corrected chi connectivity index (χ3v) is 4.44. The lowest BCUT2D eigenvalue weighted by atomic mass is 9.85. The van der Waals surface area contributed by atoms with E-state index in [0.717, 1.165) is 19.3 Å². The molecule has 0 aromatic carbocycles. The number of hydrogen-bond acceptors (Lipinski definition) is 4. The first-order valence-electron chi connectivity index (χ1n) is 7.48. The third kappa shape index (κ3) is 4.17. The van der Waals surface area contributed by atoms with Gasteiger partial charge in [0, 0.05) is 12.5 Å². The number of carboxylic acid groups (broad SMARTS) is 2. The highest BCUT2D eigenvalue weighted by atomic mass is 16.4. The zero-order valence-corrected chi connectivity index (χ0v) is 11.9. The van der Waals surface area contributed by atoms with Crippen molar-refractivity contribution in [1.29, 1.82) is 0 Å². The number of carbonyl (C=O) groups is 3. The molecule has 4 N–H and O–H groups in total. The van der Waals surface area contributed by atoms with Crippen LogP contribution >= 0.6 is 0 Å². The van der Waals surface area contributed by atoms with Crippen molar-refractivity contribution in [1.82, 2.24) is 10.6 Å². The summed E-state index contributed by atoms with van der Waals surface area (Å²) >= 11 is 0. The second kappa shape index (κ2) is 6.89. The van der Waals surface area contributed by atoms with Gasteiger partial charge in [0.1, 0.15) is 6.04 Å². The van der Waals surface area contributed by atoms with Crippen LogP contribution in [0, 0.1) is 5.92 Å². The van der Waals surface area contributed by atoms with Gasteiger partial charge in [-0.3, -0.25) is 9.59 Å². The van der Waals surface area contributed by atoms with Crippen molar-refractivity contribution < 1.29 is 24.6 Å². The van der Waals surface area contributed by atoms with E-state index in [0.29, 0.717) is 12.0 Å². The number of rotatable bonds is 6. The summed E-state index contributed by atoms with van der Waals surface area (Å²) in [5.74, 6) is -2.10. The predicted octanol–water partition coefficient (Wildman–Crippen LogP) is 0.341. The third-order valence-electron chi connectivity index (χ3n) is 4.44. The summed E-state index contributed by atoms with van der Waals surface area (Å²) in [4.78, 5) is 33.8. The second-order valence-corrected chi connectivity index (χ2v) is 5.94. The molecule has 118 valence electrons. The Hall–Kier alpha value is -1.63. The molecule has 0 aromatic heterocycles. The van der Waals surface area contributed by atoms with Crippen LogP contribution in [-0.4, -0.2) is 46.2 Å². The summed E-state index contributed by atoms with van der Waals surface area (Å²) < 4.78 is 0. The van der Waals surface area contributed by atoms with Gasteiger partial charge < -0.3 is 20.8 Å². The SMILES string of the molecule is O=C(O)CC[C@H](NC(=O)[C@@H]1CC2CCCCC2N1)C(=O)O. The van der Waals surface area contributed by atoms with Crippen LogP contribution in [0.2, 0.25) is 0 Å². The Morgan fingerprint density at radius 1 is 1.19 bits per heavy atom. The highest BCUT2D eigenvalue weighted by Gasteiger charge is 2.39. The zero-order chi connectivity index (χ0) is 15.4. The maximum Gasteiger partial charge on any atom is 0.326 e. The van der Waals surface area contributed by atoms with Crippen LogP contribution in [0.3, 0.4) is 0 Å². The lowest BCUT2D eigenvalue weighted by molar-refractivity contribution is -0.143. The molecule has 0 radical (unpaired) electrons. The largest absolute Gasteiger partial charge is 0.481 e. The number of hydrogen-bond donors (Lipinski definition) is 4. The Morgan fingerprint density at radius 2 is 1.90 bits per heavy atom. The normalized spacial score (nSPS) is 29.4. The van der Waals surface area contributed by atoms with E-state index in [1.807, 2.05) is 0 Å². The summed E-state index contributed by atoms with van der Waals surface area (Å²) in [6.07, 6.45) is 4.89.